The molecule has 0 aliphatic heterocycles. The van der Waals surface area contributed by atoms with E-state index in [0.29, 0.717) is 34.4 Å². The first-order valence-corrected chi connectivity index (χ1v) is 12.9. The van der Waals surface area contributed by atoms with Gasteiger partial charge in [-0.3, -0.25) is 14.7 Å². The number of pyridine rings is 1. The van der Waals surface area contributed by atoms with Crippen LogP contribution in [-0.2, 0) is 11.3 Å². The Morgan fingerprint density at radius 2 is 1.94 bits per heavy atom. The monoisotopic (exact) mass is 513 g/mol. The third-order valence-electron chi connectivity index (χ3n) is 5.13. The summed E-state index contributed by atoms with van der Waals surface area (Å²) in [5, 5.41) is 1.18. The highest BCUT2D eigenvalue weighted by atomic mass is 35.5. The molecule has 9 heteroatoms. The average Bonchev–Trinajstić information content (AvgIpc) is 3.32. The summed E-state index contributed by atoms with van der Waals surface area (Å²) in [5.74, 6) is 2.30. The van der Waals surface area contributed by atoms with E-state index >= 15 is 0 Å². The number of methoxy groups -OCH3 is 2. The number of aromatic nitrogens is 2. The fourth-order valence-electron chi connectivity index (χ4n) is 3.38. The first-order valence-electron chi connectivity index (χ1n) is 10.7. The molecule has 0 atom stereocenters. The normalized spacial score (nSPS) is 10.9. The van der Waals surface area contributed by atoms with Crippen LogP contribution in [-0.4, -0.2) is 35.8 Å². The van der Waals surface area contributed by atoms with E-state index in [-0.39, 0.29) is 5.91 Å². The molecule has 0 aliphatic rings. The van der Waals surface area contributed by atoms with Crippen molar-refractivity contribution in [1.29, 1.82) is 0 Å². The minimum atomic E-state index is 0.00771. The second-order valence-corrected chi connectivity index (χ2v) is 9.95. The lowest BCUT2D eigenvalue weighted by atomic mass is 10.2. The van der Waals surface area contributed by atoms with Crippen molar-refractivity contribution in [2.75, 3.05) is 24.9 Å². The number of carbonyl (C=O) groups is 1. The molecule has 34 heavy (non-hydrogen) atoms. The second kappa shape index (κ2) is 11.6. The van der Waals surface area contributed by atoms with Gasteiger partial charge in [-0.25, -0.2) is 4.98 Å². The molecule has 0 bridgehead atoms. The van der Waals surface area contributed by atoms with Gasteiger partial charge in [0.2, 0.25) is 5.91 Å². The molecule has 4 aromatic rings. The summed E-state index contributed by atoms with van der Waals surface area (Å²) in [6.07, 6.45) is 4.63. The first kappa shape index (κ1) is 24.3. The van der Waals surface area contributed by atoms with Gasteiger partial charge in [0.05, 0.1) is 30.5 Å². The molecule has 0 radical (unpaired) electrons. The van der Waals surface area contributed by atoms with Crippen LogP contribution in [0.2, 0.25) is 5.02 Å². The Labute approximate surface area is 211 Å². The van der Waals surface area contributed by atoms with Crippen LogP contribution in [0.15, 0.2) is 65.8 Å². The van der Waals surface area contributed by atoms with Gasteiger partial charge in [0.25, 0.3) is 0 Å². The maximum absolute atomic E-state index is 13.3. The van der Waals surface area contributed by atoms with Gasteiger partial charge >= 0.3 is 0 Å². The highest BCUT2D eigenvalue weighted by molar-refractivity contribution is 7.99. The zero-order chi connectivity index (χ0) is 23.9. The molecule has 6 nitrogen and oxygen atoms in total. The smallest absolute Gasteiger partial charge is 0.229 e. The molecule has 1 amide bonds. The molecule has 0 saturated carbocycles. The molecule has 0 unspecified atom stereocenters. The number of hydrogen-bond acceptors (Lipinski definition) is 7. The first-order chi connectivity index (χ1) is 16.6. The van der Waals surface area contributed by atoms with E-state index in [0.717, 1.165) is 33.1 Å². The largest absolute Gasteiger partial charge is 0.497 e. The molecule has 2 aromatic heterocycles. The van der Waals surface area contributed by atoms with E-state index in [4.69, 9.17) is 26.1 Å². The fraction of sp³-hybridized carbons (Fsp3) is 0.240. The van der Waals surface area contributed by atoms with Gasteiger partial charge in [-0.1, -0.05) is 29.0 Å². The van der Waals surface area contributed by atoms with E-state index in [1.165, 1.54) is 11.3 Å². The standard InChI is InChI=1S/C25H24ClN3O3S2/c1-31-18-7-9-19(10-8-18)33-14-4-6-22(30)29(16-17-5-3-13-27-15-17)25-28-23-21(32-2)12-11-20(26)24(23)34-25/h3,5,7-13,15H,4,6,14,16H2,1-2H3. The lowest BCUT2D eigenvalue weighted by Gasteiger charge is -2.20. The molecular weight excluding hydrogens is 490 g/mol. The fourth-order valence-corrected chi connectivity index (χ4v) is 5.50. The summed E-state index contributed by atoms with van der Waals surface area (Å²) in [4.78, 5) is 25.1. The predicted octanol–water partition coefficient (Wildman–Crippen LogP) is 6.47. The Balaban J connectivity index is 1.49. The number of fused-ring (bicyclic) bond motifs is 1. The SMILES string of the molecule is COc1ccc(SCCCC(=O)N(Cc2cccnc2)c2nc3c(OC)ccc(Cl)c3s2)cc1. The number of amides is 1. The number of anilines is 1. The third-order valence-corrected chi connectivity index (χ3v) is 7.76. The van der Waals surface area contributed by atoms with Crippen LogP contribution in [0.1, 0.15) is 18.4 Å². The number of rotatable bonds is 10. The molecule has 4 rings (SSSR count). The number of nitrogens with zero attached hydrogens (tertiary/aromatic N) is 3. The molecular formula is C25H24ClN3O3S2. The van der Waals surface area contributed by atoms with Crippen molar-refractivity contribution < 1.29 is 14.3 Å². The van der Waals surface area contributed by atoms with E-state index in [1.807, 2.05) is 36.4 Å². The van der Waals surface area contributed by atoms with Crippen LogP contribution in [0, 0.1) is 0 Å². The van der Waals surface area contributed by atoms with Gasteiger partial charge in [-0.15, -0.1) is 11.8 Å². The van der Waals surface area contributed by atoms with Crippen LogP contribution in [0.4, 0.5) is 5.13 Å². The van der Waals surface area contributed by atoms with Crippen molar-refractivity contribution in [3.63, 3.8) is 0 Å². The van der Waals surface area contributed by atoms with Gasteiger partial charge in [0.1, 0.15) is 17.0 Å². The Kier molecular flexibility index (Phi) is 8.26. The summed E-state index contributed by atoms with van der Waals surface area (Å²) in [6.45, 7) is 0.387. The van der Waals surface area contributed by atoms with E-state index in [9.17, 15) is 4.79 Å². The van der Waals surface area contributed by atoms with E-state index < -0.39 is 0 Å². The Morgan fingerprint density at radius 3 is 2.65 bits per heavy atom. The summed E-state index contributed by atoms with van der Waals surface area (Å²) in [5.41, 5.74) is 1.59. The van der Waals surface area contributed by atoms with Gasteiger partial charge in [0.15, 0.2) is 5.13 Å². The third kappa shape index (κ3) is 5.81. The van der Waals surface area contributed by atoms with Crippen molar-refractivity contribution in [1.82, 2.24) is 9.97 Å². The second-order valence-electron chi connectivity index (χ2n) is 7.39. The topological polar surface area (TPSA) is 64.5 Å². The van der Waals surface area contributed by atoms with Crippen molar-refractivity contribution >= 4 is 56.0 Å². The number of thioether (sulfide) groups is 1. The van der Waals surface area contributed by atoms with Crippen LogP contribution >= 0.6 is 34.7 Å². The quantitative estimate of drug-likeness (QED) is 0.179. The molecule has 0 saturated heterocycles. The summed E-state index contributed by atoms with van der Waals surface area (Å²) >= 11 is 9.53. The average molecular weight is 514 g/mol. The molecule has 0 fully saturated rings. The number of ether oxygens (including phenoxy) is 2. The molecule has 2 aromatic carbocycles. The number of carbonyl (C=O) groups excluding carboxylic acids is 1. The number of halogens is 1. The minimum absolute atomic E-state index is 0.00771. The van der Waals surface area contributed by atoms with Gasteiger partial charge in [-0.05, 0) is 60.2 Å². The minimum Gasteiger partial charge on any atom is -0.497 e. The van der Waals surface area contributed by atoms with Crippen molar-refractivity contribution in [3.8, 4) is 11.5 Å². The number of benzene rings is 2. The predicted molar refractivity (Wildman–Crippen MR) is 140 cm³/mol. The van der Waals surface area contributed by atoms with E-state index in [2.05, 4.69) is 4.98 Å². The lowest BCUT2D eigenvalue weighted by Crippen LogP contribution is -2.30. The zero-order valence-electron chi connectivity index (χ0n) is 18.9. The van der Waals surface area contributed by atoms with Crippen molar-refractivity contribution in [3.05, 3.63) is 71.5 Å². The van der Waals surface area contributed by atoms with Crippen LogP contribution in [0.5, 0.6) is 11.5 Å². The van der Waals surface area contributed by atoms with Gasteiger partial charge in [-0.2, -0.15) is 0 Å². The molecule has 176 valence electrons. The number of thiazole rings is 1. The molecule has 0 N–H and O–H groups in total. The summed E-state index contributed by atoms with van der Waals surface area (Å²) < 4.78 is 11.5. The van der Waals surface area contributed by atoms with Crippen molar-refractivity contribution in [2.45, 2.75) is 24.3 Å². The molecule has 0 aliphatic carbocycles. The van der Waals surface area contributed by atoms with Crippen molar-refractivity contribution in [2.24, 2.45) is 0 Å². The van der Waals surface area contributed by atoms with E-state index in [1.54, 1.807) is 55.4 Å². The highest BCUT2D eigenvalue weighted by Gasteiger charge is 2.22. The maximum Gasteiger partial charge on any atom is 0.229 e. The molecule has 0 spiro atoms. The van der Waals surface area contributed by atoms with Crippen LogP contribution in [0.25, 0.3) is 10.2 Å². The summed E-state index contributed by atoms with van der Waals surface area (Å²) in [6, 6.07) is 15.3. The van der Waals surface area contributed by atoms with Crippen LogP contribution < -0.4 is 14.4 Å². The Hall–Kier alpha value is -2.81. The Morgan fingerprint density at radius 1 is 1.12 bits per heavy atom. The molecule has 2 heterocycles. The maximum atomic E-state index is 13.3. The zero-order valence-corrected chi connectivity index (χ0v) is 21.3. The lowest BCUT2D eigenvalue weighted by molar-refractivity contribution is -0.118. The number of hydrogen-bond donors (Lipinski definition) is 0. The summed E-state index contributed by atoms with van der Waals surface area (Å²) in [7, 11) is 3.25. The highest BCUT2D eigenvalue weighted by Crippen LogP contribution is 2.39. The van der Waals surface area contributed by atoms with Gasteiger partial charge < -0.3 is 9.47 Å². The van der Waals surface area contributed by atoms with Crippen LogP contribution in [0.3, 0.4) is 0 Å². The Bertz CT molecular complexity index is 1250. The van der Waals surface area contributed by atoms with Gasteiger partial charge in [0, 0.05) is 23.7 Å².